The molecular formula is C16H14N4O3S2. The number of sulfonamides is 1. The lowest BCUT2D eigenvalue weighted by molar-refractivity contribution is 0.601. The van der Waals surface area contributed by atoms with E-state index < -0.39 is 10.0 Å². The summed E-state index contributed by atoms with van der Waals surface area (Å²) in [5.41, 5.74) is 2.74. The van der Waals surface area contributed by atoms with Crippen molar-refractivity contribution in [1.82, 2.24) is 14.5 Å². The molecule has 0 atom stereocenters. The topological polar surface area (TPSA) is 96.8 Å². The van der Waals surface area contributed by atoms with Crippen LogP contribution in [-0.4, -0.2) is 23.0 Å². The number of aromatic amines is 1. The summed E-state index contributed by atoms with van der Waals surface area (Å²) in [6.45, 7) is 2.81. The molecule has 2 aromatic carbocycles. The van der Waals surface area contributed by atoms with Gasteiger partial charge in [0.15, 0.2) is 0 Å². The van der Waals surface area contributed by atoms with Gasteiger partial charge in [0, 0.05) is 6.54 Å². The fraction of sp³-hybridized carbons (Fsp3) is 0.125. The second kappa shape index (κ2) is 5.71. The van der Waals surface area contributed by atoms with Crippen LogP contribution in [0.15, 0.2) is 52.4 Å². The van der Waals surface area contributed by atoms with E-state index in [1.807, 2.05) is 17.6 Å². The first-order valence-electron chi connectivity index (χ1n) is 7.57. The van der Waals surface area contributed by atoms with Gasteiger partial charge < -0.3 is 9.55 Å². The highest BCUT2D eigenvalue weighted by atomic mass is 32.2. The normalized spacial score (nSPS) is 12.0. The van der Waals surface area contributed by atoms with Crippen LogP contribution in [0.3, 0.4) is 0 Å². The summed E-state index contributed by atoms with van der Waals surface area (Å²) in [5, 5.41) is 0. The summed E-state index contributed by atoms with van der Waals surface area (Å²) >= 11 is 0.980. The number of nitrogens with one attached hydrogen (secondary N) is 2. The van der Waals surface area contributed by atoms with Gasteiger partial charge in [0.25, 0.3) is 10.0 Å². The first kappa shape index (κ1) is 15.9. The fourth-order valence-corrected chi connectivity index (χ4v) is 4.61. The van der Waals surface area contributed by atoms with Gasteiger partial charge in [-0.2, -0.15) is 0 Å². The zero-order chi connectivity index (χ0) is 17.6. The molecule has 0 fully saturated rings. The molecule has 0 spiro atoms. The molecular weight excluding hydrogens is 360 g/mol. The number of H-pyrrole nitrogens is 1. The molecule has 0 amide bonds. The molecule has 7 nitrogen and oxygen atoms in total. The number of hydrogen-bond donors (Lipinski definition) is 2. The lowest BCUT2D eigenvalue weighted by Gasteiger charge is -2.08. The fourth-order valence-electron chi connectivity index (χ4n) is 2.69. The van der Waals surface area contributed by atoms with Gasteiger partial charge in [0.05, 0.1) is 38.2 Å². The van der Waals surface area contributed by atoms with Crippen molar-refractivity contribution in [3.05, 3.63) is 52.4 Å². The molecule has 0 saturated heterocycles. The van der Waals surface area contributed by atoms with Crippen molar-refractivity contribution in [3.8, 4) is 0 Å². The Morgan fingerprint density at radius 2 is 2.08 bits per heavy atom. The minimum absolute atomic E-state index is 0.106. The van der Waals surface area contributed by atoms with Gasteiger partial charge in [-0.15, -0.1) is 0 Å². The first-order chi connectivity index (χ1) is 12.0. The Kier molecular flexibility index (Phi) is 3.62. The van der Waals surface area contributed by atoms with E-state index in [0.29, 0.717) is 15.9 Å². The largest absolute Gasteiger partial charge is 0.331 e. The molecule has 0 aliphatic carbocycles. The number of rotatable bonds is 4. The molecule has 0 saturated carbocycles. The van der Waals surface area contributed by atoms with Crippen LogP contribution in [0.25, 0.3) is 21.3 Å². The zero-order valence-electron chi connectivity index (χ0n) is 13.2. The highest BCUT2D eigenvalue weighted by molar-refractivity contribution is 7.92. The van der Waals surface area contributed by atoms with E-state index in [0.717, 1.165) is 28.9 Å². The predicted octanol–water partition coefficient (Wildman–Crippen LogP) is 2.76. The maximum absolute atomic E-state index is 12.6. The van der Waals surface area contributed by atoms with Crippen LogP contribution in [0.4, 0.5) is 5.69 Å². The highest BCUT2D eigenvalue weighted by Crippen LogP contribution is 2.24. The van der Waals surface area contributed by atoms with E-state index in [2.05, 4.69) is 14.7 Å². The molecule has 0 radical (unpaired) electrons. The molecule has 4 rings (SSSR count). The van der Waals surface area contributed by atoms with Crippen molar-refractivity contribution in [2.75, 3.05) is 4.72 Å². The molecule has 0 aliphatic heterocycles. The summed E-state index contributed by atoms with van der Waals surface area (Å²) in [4.78, 5) is 18.2. The van der Waals surface area contributed by atoms with Gasteiger partial charge in [-0.05, 0) is 43.3 Å². The van der Waals surface area contributed by atoms with Crippen LogP contribution in [0.1, 0.15) is 6.92 Å². The lowest BCUT2D eigenvalue weighted by Crippen LogP contribution is -2.12. The van der Waals surface area contributed by atoms with Crippen molar-refractivity contribution in [2.24, 2.45) is 0 Å². The quantitative estimate of drug-likeness (QED) is 0.574. The average Bonchev–Trinajstić information content (AvgIpc) is 3.15. The number of aromatic nitrogens is 3. The Hall–Kier alpha value is -2.65. The van der Waals surface area contributed by atoms with Crippen molar-refractivity contribution in [3.63, 3.8) is 0 Å². The minimum atomic E-state index is -3.76. The number of thiazole rings is 1. The number of aryl methyl sites for hydroxylation is 1. The third kappa shape index (κ3) is 2.81. The Balaban J connectivity index is 1.71. The van der Waals surface area contributed by atoms with E-state index >= 15 is 0 Å². The zero-order valence-corrected chi connectivity index (χ0v) is 14.8. The molecule has 2 N–H and O–H groups in total. The minimum Gasteiger partial charge on any atom is -0.331 e. The molecule has 4 aromatic rings. The molecule has 128 valence electrons. The summed E-state index contributed by atoms with van der Waals surface area (Å²) in [5.74, 6) is 0. The van der Waals surface area contributed by atoms with E-state index in [4.69, 9.17) is 0 Å². The molecule has 0 aliphatic rings. The average molecular weight is 374 g/mol. The van der Waals surface area contributed by atoms with Crippen LogP contribution in [0, 0.1) is 0 Å². The van der Waals surface area contributed by atoms with Crippen LogP contribution >= 0.6 is 11.3 Å². The standard InChI is InChI=1S/C16H14N4O3S2/c1-2-20-9-17-13-7-10(3-6-14(13)20)19-25(22,23)11-4-5-12-15(8-11)24-16(21)18-12/h3-9,19H,2H2,1H3,(H,18,21). The Morgan fingerprint density at radius 3 is 2.88 bits per heavy atom. The maximum atomic E-state index is 12.6. The number of nitrogens with zero attached hydrogens (tertiary/aromatic N) is 2. The second-order valence-electron chi connectivity index (χ2n) is 5.51. The molecule has 0 unspecified atom stereocenters. The third-order valence-electron chi connectivity index (χ3n) is 3.92. The van der Waals surface area contributed by atoms with Crippen molar-refractivity contribution < 1.29 is 8.42 Å². The van der Waals surface area contributed by atoms with Crippen LogP contribution in [-0.2, 0) is 16.6 Å². The summed E-state index contributed by atoms with van der Waals surface area (Å²) in [7, 11) is -3.76. The maximum Gasteiger partial charge on any atom is 0.305 e. The van der Waals surface area contributed by atoms with Gasteiger partial charge in [0.2, 0.25) is 0 Å². The van der Waals surface area contributed by atoms with E-state index in [9.17, 15) is 13.2 Å². The van der Waals surface area contributed by atoms with Crippen molar-refractivity contribution >= 4 is 48.3 Å². The third-order valence-corrected chi connectivity index (χ3v) is 6.14. The van der Waals surface area contributed by atoms with Crippen molar-refractivity contribution in [2.45, 2.75) is 18.4 Å². The van der Waals surface area contributed by atoms with Gasteiger partial charge in [-0.3, -0.25) is 9.52 Å². The number of imidazole rings is 1. The molecule has 9 heteroatoms. The van der Waals surface area contributed by atoms with Crippen LogP contribution < -0.4 is 9.60 Å². The van der Waals surface area contributed by atoms with E-state index in [-0.39, 0.29) is 9.77 Å². The molecule has 25 heavy (non-hydrogen) atoms. The Morgan fingerprint density at radius 1 is 1.24 bits per heavy atom. The highest BCUT2D eigenvalue weighted by Gasteiger charge is 2.16. The van der Waals surface area contributed by atoms with Gasteiger partial charge in [-0.1, -0.05) is 11.3 Å². The predicted molar refractivity (Wildman–Crippen MR) is 98.7 cm³/mol. The van der Waals surface area contributed by atoms with Gasteiger partial charge in [0.1, 0.15) is 0 Å². The number of fused-ring (bicyclic) bond motifs is 2. The second-order valence-corrected chi connectivity index (χ2v) is 8.21. The smallest absolute Gasteiger partial charge is 0.305 e. The summed E-state index contributed by atoms with van der Waals surface area (Å²) < 4.78 is 30.4. The Bertz CT molecular complexity index is 1250. The van der Waals surface area contributed by atoms with Crippen molar-refractivity contribution in [1.29, 1.82) is 0 Å². The van der Waals surface area contributed by atoms with Crippen LogP contribution in [0.5, 0.6) is 0 Å². The Labute approximate surface area is 147 Å². The van der Waals surface area contributed by atoms with E-state index in [1.165, 1.54) is 12.1 Å². The molecule has 0 bridgehead atoms. The number of benzene rings is 2. The van der Waals surface area contributed by atoms with Gasteiger partial charge >= 0.3 is 4.87 Å². The monoisotopic (exact) mass is 374 g/mol. The lowest BCUT2D eigenvalue weighted by atomic mass is 10.3. The van der Waals surface area contributed by atoms with E-state index in [1.54, 1.807) is 24.5 Å². The van der Waals surface area contributed by atoms with Gasteiger partial charge in [-0.25, -0.2) is 13.4 Å². The van der Waals surface area contributed by atoms with Crippen LogP contribution in [0.2, 0.25) is 0 Å². The number of anilines is 1. The molecule has 2 heterocycles. The molecule has 2 aromatic heterocycles. The number of hydrogen-bond acceptors (Lipinski definition) is 5. The SMILES string of the molecule is CCn1cnc2cc(NS(=O)(=O)c3ccc4[nH]c(=O)sc4c3)ccc21. The summed E-state index contributed by atoms with van der Waals surface area (Å²) in [6.07, 6.45) is 1.73. The summed E-state index contributed by atoms with van der Waals surface area (Å²) in [6, 6.07) is 9.80. The first-order valence-corrected chi connectivity index (χ1v) is 9.87.